The van der Waals surface area contributed by atoms with Crippen LogP contribution in [0.15, 0.2) is 166 Å². The zero-order valence-corrected chi connectivity index (χ0v) is 32.1. The molecule has 292 valence electrons. The van der Waals surface area contributed by atoms with Crippen LogP contribution in [-0.4, -0.2) is 90.2 Å². The SMILES string of the molecule is O=C(C1=C(S(=O)(=O)c2ccc3ccccc3n2)N(C(=O)c2ccccn2)C(C(=O)c2cnccn2)C(S(=O)(=O)c2cnc3ccccc3n2)=N1)c1cnc2ccccc2n1. The molecule has 1 aliphatic heterocycles. The summed E-state index contributed by atoms with van der Waals surface area (Å²) in [4.78, 5) is 83.2. The molecule has 19 heteroatoms. The normalized spacial score (nSPS) is 14.6. The van der Waals surface area contributed by atoms with Crippen LogP contribution < -0.4 is 0 Å². The molecule has 6 heterocycles. The van der Waals surface area contributed by atoms with Gasteiger partial charge in [-0.3, -0.25) is 39.2 Å². The summed E-state index contributed by atoms with van der Waals surface area (Å²) in [5, 5.41) is -3.20. The van der Waals surface area contributed by atoms with Crippen LogP contribution in [0, 0.1) is 0 Å². The molecule has 0 spiro atoms. The number of Topliss-reactive ketones (excluding diaryl/α,β-unsaturated/α-hetero) is 2. The number of aliphatic imine (C=N–C) groups is 1. The minimum atomic E-state index is -5.25. The number of aromatic nitrogens is 8. The Morgan fingerprint density at radius 2 is 1.15 bits per heavy atom. The zero-order chi connectivity index (χ0) is 41.6. The number of amides is 1. The average molecular weight is 833 g/mol. The van der Waals surface area contributed by atoms with E-state index in [1.54, 1.807) is 66.7 Å². The summed E-state index contributed by atoms with van der Waals surface area (Å²) in [7, 11) is -10.4. The van der Waals surface area contributed by atoms with E-state index in [1.165, 1.54) is 42.7 Å². The van der Waals surface area contributed by atoms with Crippen molar-refractivity contribution in [1.82, 2.24) is 44.8 Å². The number of nitrogens with zero attached hydrogens (tertiary/aromatic N) is 10. The van der Waals surface area contributed by atoms with Crippen molar-refractivity contribution in [3.8, 4) is 0 Å². The van der Waals surface area contributed by atoms with E-state index in [0.717, 1.165) is 30.9 Å². The summed E-state index contributed by atoms with van der Waals surface area (Å²) in [6, 6.07) is 23.7. The van der Waals surface area contributed by atoms with Gasteiger partial charge in [-0.05, 0) is 54.6 Å². The van der Waals surface area contributed by atoms with Gasteiger partial charge in [0, 0.05) is 24.0 Å². The smallest absolute Gasteiger partial charge is 0.278 e. The Labute approximate surface area is 339 Å². The topological polar surface area (TPSA) is 238 Å². The second kappa shape index (κ2) is 14.8. The maximum Gasteiger partial charge on any atom is 0.278 e. The first-order valence-corrected chi connectivity index (χ1v) is 20.7. The molecule has 60 heavy (non-hydrogen) atoms. The second-order valence-electron chi connectivity index (χ2n) is 13.0. The van der Waals surface area contributed by atoms with Crippen molar-refractivity contribution in [2.24, 2.45) is 4.99 Å². The van der Waals surface area contributed by atoms with Crippen LogP contribution in [0.4, 0.5) is 0 Å². The highest BCUT2D eigenvalue weighted by Gasteiger charge is 2.52. The summed E-state index contributed by atoms with van der Waals surface area (Å²) in [6.45, 7) is 0. The van der Waals surface area contributed by atoms with Crippen molar-refractivity contribution in [3.05, 3.63) is 168 Å². The van der Waals surface area contributed by atoms with Gasteiger partial charge >= 0.3 is 0 Å². The van der Waals surface area contributed by atoms with Gasteiger partial charge in [-0.1, -0.05) is 48.5 Å². The molecule has 0 aliphatic carbocycles. The molecule has 0 N–H and O–H groups in total. The quantitative estimate of drug-likeness (QED) is 0.193. The lowest BCUT2D eigenvalue weighted by Gasteiger charge is -2.35. The number of benzene rings is 3. The van der Waals surface area contributed by atoms with E-state index in [9.17, 15) is 9.59 Å². The third-order valence-corrected chi connectivity index (χ3v) is 12.6. The van der Waals surface area contributed by atoms with Gasteiger partial charge in [0.25, 0.3) is 5.91 Å². The molecule has 1 aliphatic rings. The van der Waals surface area contributed by atoms with Crippen molar-refractivity contribution in [2.75, 3.05) is 0 Å². The van der Waals surface area contributed by atoms with E-state index < -0.39 is 86.1 Å². The fourth-order valence-corrected chi connectivity index (χ4v) is 9.30. The molecular formula is C41H24N10O7S2. The Kier molecular flexibility index (Phi) is 9.29. The Morgan fingerprint density at radius 3 is 1.85 bits per heavy atom. The molecule has 1 atom stereocenters. The first-order chi connectivity index (χ1) is 29.0. The maximum absolute atomic E-state index is 15.3. The minimum absolute atomic E-state index is 0.136. The van der Waals surface area contributed by atoms with Crippen molar-refractivity contribution in [1.29, 1.82) is 0 Å². The van der Waals surface area contributed by atoms with Gasteiger partial charge in [0.2, 0.25) is 31.2 Å². The van der Waals surface area contributed by atoms with Crippen LogP contribution in [0.1, 0.15) is 31.5 Å². The molecule has 8 aromatic rings. The number of sulfone groups is 2. The van der Waals surface area contributed by atoms with Crippen LogP contribution >= 0.6 is 0 Å². The number of para-hydroxylation sites is 5. The number of fused-ring (bicyclic) bond motifs is 3. The molecule has 0 fully saturated rings. The minimum Gasteiger partial charge on any atom is -0.290 e. The van der Waals surface area contributed by atoms with Gasteiger partial charge in [0.15, 0.2) is 26.2 Å². The summed E-state index contributed by atoms with van der Waals surface area (Å²) < 4.78 is 60.7. The number of carbonyl (C=O) groups is 3. The standard InChI is InChI=1S/C41H24N10O7S2/c52-37(32-22-45-26-11-3-5-13-28(26)47-32)35-41(60(57,58)33-17-16-24-9-1-2-10-25(24)48-33)51(40(54)30-15-7-8-18-43-30)36(38(53)31-21-42-19-20-44-31)39(50-35)59(55,56)34-23-46-27-12-4-6-14-29(27)49-34/h1-23,36H. The third-order valence-electron chi connectivity index (χ3n) is 9.28. The van der Waals surface area contributed by atoms with Crippen molar-refractivity contribution >= 4 is 75.2 Å². The van der Waals surface area contributed by atoms with Gasteiger partial charge < -0.3 is 0 Å². The predicted octanol–water partition coefficient (Wildman–Crippen LogP) is 4.41. The highest BCUT2D eigenvalue weighted by Crippen LogP contribution is 2.37. The molecule has 1 amide bonds. The van der Waals surface area contributed by atoms with E-state index in [1.807, 2.05) is 0 Å². The summed E-state index contributed by atoms with van der Waals surface area (Å²) in [5.41, 5.74) is -1.21. The molecule has 9 rings (SSSR count). The average Bonchev–Trinajstić information content (AvgIpc) is 3.30. The molecule has 0 saturated carbocycles. The number of rotatable bonds is 8. The van der Waals surface area contributed by atoms with Gasteiger partial charge in [0.05, 0.1) is 46.2 Å². The van der Waals surface area contributed by atoms with Crippen LogP contribution in [0.3, 0.4) is 0 Å². The first-order valence-electron chi connectivity index (χ1n) is 17.7. The number of pyridine rings is 2. The van der Waals surface area contributed by atoms with Crippen LogP contribution in [0.2, 0.25) is 0 Å². The van der Waals surface area contributed by atoms with E-state index in [0.29, 0.717) is 21.3 Å². The largest absolute Gasteiger partial charge is 0.290 e. The second-order valence-corrected chi connectivity index (χ2v) is 16.6. The van der Waals surface area contributed by atoms with Crippen molar-refractivity contribution in [2.45, 2.75) is 16.1 Å². The number of carbonyl (C=O) groups excluding carboxylic acids is 3. The third kappa shape index (κ3) is 6.52. The Balaban J connectivity index is 1.40. The van der Waals surface area contributed by atoms with Crippen molar-refractivity contribution < 1.29 is 31.2 Å². The van der Waals surface area contributed by atoms with Gasteiger partial charge in [-0.2, -0.15) is 0 Å². The molecule has 17 nitrogen and oxygen atoms in total. The van der Waals surface area contributed by atoms with E-state index in [4.69, 9.17) is 0 Å². The zero-order valence-electron chi connectivity index (χ0n) is 30.5. The molecule has 0 bridgehead atoms. The molecule has 0 saturated heterocycles. The Hall–Kier alpha value is -7.90. The van der Waals surface area contributed by atoms with Gasteiger partial charge in [-0.15, -0.1) is 0 Å². The number of hydrogen-bond acceptors (Lipinski definition) is 16. The van der Waals surface area contributed by atoms with E-state index >= 15 is 21.6 Å². The molecule has 0 radical (unpaired) electrons. The molecule has 3 aromatic carbocycles. The first kappa shape index (κ1) is 37.7. The summed E-state index contributed by atoms with van der Waals surface area (Å²) in [6.07, 6.45) is 6.58. The highest BCUT2D eigenvalue weighted by molar-refractivity contribution is 8.06. The lowest BCUT2D eigenvalue weighted by atomic mass is 10.1. The van der Waals surface area contributed by atoms with Crippen LogP contribution in [0.25, 0.3) is 33.0 Å². The maximum atomic E-state index is 15.3. The van der Waals surface area contributed by atoms with Gasteiger partial charge in [0.1, 0.15) is 22.8 Å². The fourth-order valence-electron chi connectivity index (χ4n) is 6.45. The number of hydrogen-bond donors (Lipinski definition) is 0. The lowest BCUT2D eigenvalue weighted by molar-refractivity contribution is 0.0721. The Morgan fingerprint density at radius 1 is 0.517 bits per heavy atom. The monoisotopic (exact) mass is 832 g/mol. The van der Waals surface area contributed by atoms with Gasteiger partial charge in [-0.25, -0.2) is 41.8 Å². The Bertz CT molecular complexity index is 3390. The number of ketones is 2. The van der Waals surface area contributed by atoms with Crippen LogP contribution in [0.5, 0.6) is 0 Å². The fraction of sp³-hybridized carbons (Fsp3) is 0.0244. The molecular weight excluding hydrogens is 809 g/mol. The number of allylic oxidation sites excluding steroid dienone is 1. The summed E-state index contributed by atoms with van der Waals surface area (Å²) >= 11 is 0. The predicted molar refractivity (Wildman–Crippen MR) is 215 cm³/mol. The van der Waals surface area contributed by atoms with Crippen LogP contribution in [-0.2, 0) is 19.7 Å². The molecule has 5 aromatic heterocycles. The summed E-state index contributed by atoms with van der Waals surface area (Å²) in [5.74, 6) is -3.81. The van der Waals surface area contributed by atoms with Crippen molar-refractivity contribution in [3.63, 3.8) is 0 Å². The molecule has 1 unspecified atom stereocenters. The lowest BCUT2D eigenvalue weighted by Crippen LogP contribution is -2.55. The highest BCUT2D eigenvalue weighted by atomic mass is 32.2. The van der Waals surface area contributed by atoms with E-state index in [-0.39, 0.29) is 16.6 Å². The van der Waals surface area contributed by atoms with E-state index in [2.05, 4.69) is 44.9 Å².